The van der Waals surface area contributed by atoms with Gasteiger partial charge in [-0.25, -0.2) is 0 Å². The van der Waals surface area contributed by atoms with E-state index in [1.54, 1.807) is 11.0 Å². The Morgan fingerprint density at radius 2 is 2.00 bits per heavy atom. The molecule has 0 saturated carbocycles. The third-order valence-corrected chi connectivity index (χ3v) is 8.83. The third kappa shape index (κ3) is 5.36. The van der Waals surface area contributed by atoms with Crippen molar-refractivity contribution in [2.75, 3.05) is 19.8 Å². The van der Waals surface area contributed by atoms with Gasteiger partial charge in [-0.15, -0.1) is 13.2 Å². The van der Waals surface area contributed by atoms with Crippen molar-refractivity contribution in [1.29, 1.82) is 0 Å². The number of likely N-dealkylation sites (tertiary alicyclic amines) is 1. The topological polar surface area (TPSA) is 96.4 Å². The van der Waals surface area contributed by atoms with Gasteiger partial charge in [-0.2, -0.15) is 0 Å². The van der Waals surface area contributed by atoms with Gasteiger partial charge in [0.1, 0.15) is 11.6 Å². The predicted octanol–water partition coefficient (Wildman–Crippen LogP) is 4.20. The lowest BCUT2D eigenvalue weighted by Gasteiger charge is -2.41. The molecule has 1 N–H and O–H groups in total. The fraction of sp³-hybridized carbons (Fsp3) is 0.594. The highest BCUT2D eigenvalue weighted by atomic mass is 16.6. The minimum atomic E-state index is -1.15. The van der Waals surface area contributed by atoms with Gasteiger partial charge < -0.3 is 24.4 Å². The van der Waals surface area contributed by atoms with Crippen LogP contribution in [0.15, 0.2) is 55.6 Å². The SMILES string of the molecule is C=CCCCCOC(=O)[C@@H]1[C@@H]2CCC3(O2)C(C(=O)N(CC=C)C(C)CCC)N([C@H](CO)c2ccccc2)C(=O)[C@H]13. The summed E-state index contributed by atoms with van der Waals surface area (Å²) in [7, 11) is 0. The van der Waals surface area contributed by atoms with Crippen molar-refractivity contribution in [3.05, 3.63) is 61.2 Å². The van der Waals surface area contributed by atoms with Gasteiger partial charge in [0.05, 0.1) is 37.2 Å². The number of fused-ring (bicyclic) bond motifs is 1. The Labute approximate surface area is 238 Å². The average molecular weight is 553 g/mol. The first-order valence-corrected chi connectivity index (χ1v) is 14.7. The zero-order valence-electron chi connectivity index (χ0n) is 23.9. The summed E-state index contributed by atoms with van der Waals surface area (Å²) in [6.07, 6.45) is 8.21. The van der Waals surface area contributed by atoms with Crippen LogP contribution in [0.2, 0.25) is 0 Å². The number of carbonyl (C=O) groups excluding carboxylic acids is 3. The van der Waals surface area contributed by atoms with Crippen molar-refractivity contribution in [2.24, 2.45) is 11.8 Å². The largest absolute Gasteiger partial charge is 0.465 e. The number of ether oxygens (including phenoxy) is 2. The van der Waals surface area contributed by atoms with E-state index in [1.807, 2.05) is 43.3 Å². The number of amides is 2. The summed E-state index contributed by atoms with van der Waals surface area (Å²) in [5, 5.41) is 10.6. The molecule has 4 rings (SSSR count). The van der Waals surface area contributed by atoms with Crippen LogP contribution in [0.4, 0.5) is 0 Å². The molecule has 2 bridgehead atoms. The molecule has 3 aliphatic heterocycles. The van der Waals surface area contributed by atoms with Crippen molar-refractivity contribution in [3.63, 3.8) is 0 Å². The molecular formula is C32H44N2O6. The second-order valence-electron chi connectivity index (χ2n) is 11.3. The number of unbranched alkanes of at least 4 members (excludes halogenated alkanes) is 2. The van der Waals surface area contributed by atoms with E-state index in [9.17, 15) is 19.5 Å². The Kier molecular flexibility index (Phi) is 9.85. The molecule has 3 saturated heterocycles. The summed E-state index contributed by atoms with van der Waals surface area (Å²) in [6, 6.07) is 7.43. The Morgan fingerprint density at radius 3 is 2.65 bits per heavy atom. The number of hydrogen-bond acceptors (Lipinski definition) is 6. The fourth-order valence-electron chi connectivity index (χ4n) is 7.02. The molecule has 1 aromatic carbocycles. The Bertz CT molecular complexity index is 1080. The second kappa shape index (κ2) is 13.1. The van der Waals surface area contributed by atoms with Crippen LogP contribution >= 0.6 is 0 Å². The molecule has 2 amide bonds. The highest BCUT2D eigenvalue weighted by Crippen LogP contribution is 2.60. The molecule has 7 atom stereocenters. The van der Waals surface area contributed by atoms with Crippen molar-refractivity contribution in [3.8, 4) is 0 Å². The lowest BCUT2D eigenvalue weighted by molar-refractivity contribution is -0.157. The number of aliphatic hydroxyl groups is 1. The van der Waals surface area contributed by atoms with Gasteiger partial charge in [0.15, 0.2) is 0 Å². The van der Waals surface area contributed by atoms with Crippen LogP contribution in [0.25, 0.3) is 0 Å². The molecule has 0 aliphatic carbocycles. The Morgan fingerprint density at radius 1 is 1.25 bits per heavy atom. The number of nitrogens with zero attached hydrogens (tertiary/aromatic N) is 2. The zero-order chi connectivity index (χ0) is 28.9. The van der Waals surface area contributed by atoms with E-state index in [0.29, 0.717) is 25.8 Å². The van der Waals surface area contributed by atoms with Crippen molar-refractivity contribution in [2.45, 2.75) is 88.6 Å². The number of rotatable bonds is 15. The first kappa shape index (κ1) is 30.0. The van der Waals surface area contributed by atoms with Crippen LogP contribution < -0.4 is 0 Å². The van der Waals surface area contributed by atoms with Crippen molar-refractivity contribution < 1.29 is 29.0 Å². The van der Waals surface area contributed by atoms with E-state index in [2.05, 4.69) is 20.1 Å². The molecule has 1 aromatic rings. The highest BCUT2D eigenvalue weighted by Gasteiger charge is 2.75. The molecule has 3 unspecified atom stereocenters. The molecule has 0 radical (unpaired) electrons. The molecule has 218 valence electrons. The van der Waals surface area contributed by atoms with Crippen LogP contribution in [0.1, 0.15) is 70.4 Å². The lowest BCUT2D eigenvalue weighted by atomic mass is 9.70. The van der Waals surface area contributed by atoms with Gasteiger partial charge >= 0.3 is 5.97 Å². The fourth-order valence-corrected chi connectivity index (χ4v) is 7.02. The quantitative estimate of drug-likeness (QED) is 0.199. The highest BCUT2D eigenvalue weighted by molar-refractivity contribution is 5.98. The number of aliphatic hydroxyl groups excluding tert-OH is 1. The van der Waals surface area contributed by atoms with Crippen LogP contribution in [0.3, 0.4) is 0 Å². The summed E-state index contributed by atoms with van der Waals surface area (Å²) in [6.45, 7) is 11.9. The molecule has 8 heteroatoms. The van der Waals surface area contributed by atoms with Gasteiger partial charge in [0.2, 0.25) is 11.8 Å². The predicted molar refractivity (Wildman–Crippen MR) is 152 cm³/mol. The number of carbonyl (C=O) groups is 3. The second-order valence-corrected chi connectivity index (χ2v) is 11.3. The lowest BCUT2D eigenvalue weighted by Crippen LogP contribution is -2.58. The minimum absolute atomic E-state index is 0.0814. The smallest absolute Gasteiger partial charge is 0.312 e. The zero-order valence-corrected chi connectivity index (χ0v) is 23.9. The number of hydrogen-bond donors (Lipinski definition) is 1. The van der Waals surface area contributed by atoms with Gasteiger partial charge in [0, 0.05) is 12.6 Å². The summed E-state index contributed by atoms with van der Waals surface area (Å²) in [5.74, 6) is -2.63. The minimum Gasteiger partial charge on any atom is -0.465 e. The Hall–Kier alpha value is -2.97. The van der Waals surface area contributed by atoms with Gasteiger partial charge in [0.25, 0.3) is 0 Å². The number of allylic oxidation sites excluding steroid dienone is 1. The van der Waals surface area contributed by atoms with E-state index in [4.69, 9.17) is 9.47 Å². The standard InChI is InChI=1S/C32H44N2O6/c1-5-8-9-13-20-39-31(38)26-25-17-18-32(40-25)27(26)29(36)34(24(21-35)23-15-11-10-12-16-23)28(32)30(37)33(19-7-3)22(4)14-6-2/h5,7,10-12,15-16,22,24-28,35H,1,3,6,8-9,13-14,17-21H2,2,4H3/t22?,24-,25+,26-,27+,28?,32?/m1/s1. The van der Waals surface area contributed by atoms with Crippen LogP contribution in [0, 0.1) is 11.8 Å². The molecule has 3 fully saturated rings. The van der Waals surface area contributed by atoms with Crippen LogP contribution in [-0.4, -0.2) is 76.2 Å². The number of benzene rings is 1. The molecule has 0 aromatic heterocycles. The molecule has 1 spiro atoms. The van der Waals surface area contributed by atoms with Crippen molar-refractivity contribution >= 4 is 17.8 Å². The summed E-state index contributed by atoms with van der Waals surface area (Å²) in [4.78, 5) is 45.6. The molecular weight excluding hydrogens is 508 g/mol. The molecule has 40 heavy (non-hydrogen) atoms. The monoisotopic (exact) mass is 552 g/mol. The van der Waals surface area contributed by atoms with Gasteiger partial charge in [-0.3, -0.25) is 14.4 Å². The number of esters is 1. The molecule has 3 aliphatic rings. The van der Waals surface area contributed by atoms with Crippen LogP contribution in [0.5, 0.6) is 0 Å². The first-order chi connectivity index (χ1) is 19.4. The van der Waals surface area contributed by atoms with Crippen molar-refractivity contribution in [1.82, 2.24) is 9.80 Å². The van der Waals surface area contributed by atoms with E-state index >= 15 is 0 Å². The average Bonchev–Trinajstić information content (AvgIpc) is 3.60. The van der Waals surface area contributed by atoms with Crippen LogP contribution in [-0.2, 0) is 23.9 Å². The maximum atomic E-state index is 14.5. The summed E-state index contributed by atoms with van der Waals surface area (Å²) >= 11 is 0. The Balaban J connectivity index is 1.73. The van der Waals surface area contributed by atoms with E-state index in [1.165, 1.54) is 4.90 Å². The maximum Gasteiger partial charge on any atom is 0.312 e. The van der Waals surface area contributed by atoms with Gasteiger partial charge in [-0.05, 0) is 51.0 Å². The molecule has 8 nitrogen and oxygen atoms in total. The van der Waals surface area contributed by atoms with E-state index in [-0.39, 0.29) is 31.1 Å². The summed E-state index contributed by atoms with van der Waals surface area (Å²) in [5.41, 5.74) is -0.431. The maximum absolute atomic E-state index is 14.5. The third-order valence-electron chi connectivity index (χ3n) is 8.83. The van der Waals surface area contributed by atoms with E-state index < -0.39 is 41.6 Å². The normalized spacial score (nSPS) is 28.2. The van der Waals surface area contributed by atoms with E-state index in [0.717, 1.165) is 31.2 Å². The van der Waals surface area contributed by atoms with Gasteiger partial charge in [-0.1, -0.05) is 55.8 Å². The first-order valence-electron chi connectivity index (χ1n) is 14.7. The summed E-state index contributed by atoms with van der Waals surface area (Å²) < 4.78 is 12.2. The molecule has 3 heterocycles.